The summed E-state index contributed by atoms with van der Waals surface area (Å²) in [5.41, 5.74) is 3.19. The highest BCUT2D eigenvalue weighted by atomic mass is 32.1. The van der Waals surface area contributed by atoms with Crippen molar-refractivity contribution in [3.63, 3.8) is 0 Å². The van der Waals surface area contributed by atoms with Crippen LogP contribution < -0.4 is 4.74 Å². The molecule has 152 valence electrons. The van der Waals surface area contributed by atoms with Crippen LogP contribution >= 0.6 is 12.2 Å². The summed E-state index contributed by atoms with van der Waals surface area (Å²) in [7, 11) is 1.81. The molecule has 29 heavy (non-hydrogen) atoms. The van der Waals surface area contributed by atoms with Gasteiger partial charge in [-0.2, -0.15) is 5.10 Å². The van der Waals surface area contributed by atoms with Crippen molar-refractivity contribution in [2.24, 2.45) is 0 Å². The van der Waals surface area contributed by atoms with E-state index in [0.29, 0.717) is 30.9 Å². The van der Waals surface area contributed by atoms with Gasteiger partial charge in [0.25, 0.3) is 0 Å². The fourth-order valence-electron chi connectivity index (χ4n) is 3.15. The number of H-pyrrole nitrogens is 1. The van der Waals surface area contributed by atoms with Crippen LogP contribution in [0.1, 0.15) is 24.5 Å². The third-order valence-electron chi connectivity index (χ3n) is 4.66. The van der Waals surface area contributed by atoms with Crippen LogP contribution in [-0.4, -0.2) is 39.2 Å². The first-order chi connectivity index (χ1) is 14.0. The third kappa shape index (κ3) is 5.32. The molecule has 0 aliphatic rings. The number of hydrogen-bond donors (Lipinski definition) is 1. The molecule has 1 amide bonds. The zero-order valence-corrected chi connectivity index (χ0v) is 17.8. The number of aromatic amines is 1. The molecule has 6 nitrogen and oxygen atoms in total. The summed E-state index contributed by atoms with van der Waals surface area (Å²) >= 11 is 5.37. The first-order valence-electron chi connectivity index (χ1n) is 9.66. The number of carbonyl (C=O) groups excluding carboxylic acids is 1. The van der Waals surface area contributed by atoms with Gasteiger partial charge >= 0.3 is 0 Å². The van der Waals surface area contributed by atoms with Gasteiger partial charge in [0.1, 0.15) is 5.75 Å². The Hall–Kier alpha value is -2.93. The van der Waals surface area contributed by atoms with Crippen LogP contribution in [0.3, 0.4) is 0 Å². The lowest BCUT2D eigenvalue weighted by atomic mass is 10.1. The number of carbonyl (C=O) groups is 1. The molecule has 3 aromatic rings. The van der Waals surface area contributed by atoms with Crippen molar-refractivity contribution in [2.75, 3.05) is 13.7 Å². The van der Waals surface area contributed by atoms with Crippen LogP contribution in [-0.2, 0) is 17.9 Å². The molecule has 0 saturated carbocycles. The molecule has 0 bridgehead atoms. The van der Waals surface area contributed by atoms with E-state index in [-0.39, 0.29) is 5.91 Å². The Labute approximate surface area is 176 Å². The predicted octanol–water partition coefficient (Wildman–Crippen LogP) is 4.36. The smallest absolute Gasteiger partial charge is 0.224 e. The number of aryl methyl sites for hydroxylation is 1. The molecule has 0 aliphatic carbocycles. The second-order valence-electron chi connectivity index (χ2n) is 6.95. The van der Waals surface area contributed by atoms with E-state index in [1.54, 1.807) is 4.90 Å². The summed E-state index contributed by atoms with van der Waals surface area (Å²) in [6, 6.07) is 15.9. The average molecular weight is 411 g/mol. The monoisotopic (exact) mass is 410 g/mol. The van der Waals surface area contributed by atoms with Crippen molar-refractivity contribution >= 4 is 18.1 Å². The summed E-state index contributed by atoms with van der Waals surface area (Å²) in [6.45, 7) is 5.65. The summed E-state index contributed by atoms with van der Waals surface area (Å²) in [5.74, 6) is 1.64. The first kappa shape index (κ1) is 20.8. The fourth-order valence-corrected chi connectivity index (χ4v) is 3.37. The number of hydrogen-bond acceptors (Lipinski definition) is 4. The fraction of sp³-hybridized carbons (Fsp3) is 0.318. The van der Waals surface area contributed by atoms with E-state index in [2.05, 4.69) is 16.3 Å². The lowest BCUT2D eigenvalue weighted by Gasteiger charge is -2.18. The second-order valence-corrected chi connectivity index (χ2v) is 7.34. The van der Waals surface area contributed by atoms with Gasteiger partial charge in [0, 0.05) is 32.1 Å². The Bertz CT molecular complexity index is 1020. The lowest BCUT2D eigenvalue weighted by molar-refractivity contribution is -0.130. The summed E-state index contributed by atoms with van der Waals surface area (Å²) in [5, 5.41) is 7.19. The quantitative estimate of drug-likeness (QED) is 0.561. The molecule has 7 heteroatoms. The van der Waals surface area contributed by atoms with Gasteiger partial charge in [-0.1, -0.05) is 35.9 Å². The summed E-state index contributed by atoms with van der Waals surface area (Å²) in [6.07, 6.45) is 0.347. The molecule has 0 radical (unpaired) electrons. The Morgan fingerprint density at radius 2 is 2.00 bits per heavy atom. The number of benzene rings is 2. The van der Waals surface area contributed by atoms with Gasteiger partial charge in [0.2, 0.25) is 5.91 Å². The highest BCUT2D eigenvalue weighted by Gasteiger charge is 2.13. The van der Waals surface area contributed by atoms with Gasteiger partial charge < -0.3 is 9.64 Å². The van der Waals surface area contributed by atoms with Gasteiger partial charge in [-0.15, -0.1) is 0 Å². The van der Waals surface area contributed by atoms with Gasteiger partial charge in [0.15, 0.2) is 10.6 Å². The Morgan fingerprint density at radius 3 is 2.69 bits per heavy atom. The van der Waals surface area contributed by atoms with Crippen LogP contribution in [0.15, 0.2) is 48.5 Å². The second kappa shape index (κ2) is 9.52. The molecule has 1 aromatic heterocycles. The molecule has 1 heterocycles. The maximum Gasteiger partial charge on any atom is 0.224 e. The molecule has 3 rings (SSSR count). The van der Waals surface area contributed by atoms with Crippen LogP contribution in [0.5, 0.6) is 5.75 Å². The maximum atomic E-state index is 12.6. The van der Waals surface area contributed by atoms with Crippen LogP contribution in [0.25, 0.3) is 11.4 Å². The largest absolute Gasteiger partial charge is 0.494 e. The molecule has 0 unspecified atom stereocenters. The Kier molecular flexibility index (Phi) is 6.82. The molecule has 0 spiro atoms. The normalized spacial score (nSPS) is 10.7. The van der Waals surface area contributed by atoms with E-state index in [1.807, 2.05) is 67.9 Å². The van der Waals surface area contributed by atoms with Crippen LogP contribution in [0, 0.1) is 11.7 Å². The standard InChI is InChI=1S/C22H26N4O2S/c1-4-28-19-10-8-17(9-11-19)15-25(3)20(27)12-13-26-21(23-24-22(26)29)18-7-5-6-16(2)14-18/h5-11,14H,4,12-13,15H2,1-3H3,(H,24,29). The molecule has 1 N–H and O–H groups in total. The lowest BCUT2D eigenvalue weighted by Crippen LogP contribution is -2.27. The minimum Gasteiger partial charge on any atom is -0.494 e. The summed E-state index contributed by atoms with van der Waals surface area (Å²) < 4.78 is 7.86. The Balaban J connectivity index is 1.63. The van der Waals surface area contributed by atoms with Gasteiger partial charge in [-0.3, -0.25) is 14.5 Å². The highest BCUT2D eigenvalue weighted by Crippen LogP contribution is 2.19. The van der Waals surface area contributed by atoms with Crippen molar-refractivity contribution < 1.29 is 9.53 Å². The number of nitrogens with one attached hydrogen (secondary N) is 1. The van der Waals surface area contributed by atoms with E-state index in [9.17, 15) is 4.79 Å². The van der Waals surface area contributed by atoms with Gasteiger partial charge in [-0.05, 0) is 49.8 Å². The van der Waals surface area contributed by atoms with E-state index < -0.39 is 0 Å². The highest BCUT2D eigenvalue weighted by molar-refractivity contribution is 7.71. The van der Waals surface area contributed by atoms with Crippen molar-refractivity contribution in [2.45, 2.75) is 33.4 Å². The van der Waals surface area contributed by atoms with Crippen molar-refractivity contribution in [1.82, 2.24) is 19.7 Å². The topological polar surface area (TPSA) is 63.1 Å². The molecule has 2 aromatic carbocycles. The molecular formula is C22H26N4O2S. The molecule has 0 aliphatic heterocycles. The minimum atomic E-state index is 0.0529. The average Bonchev–Trinajstić information content (AvgIpc) is 3.08. The zero-order valence-electron chi connectivity index (χ0n) is 17.0. The summed E-state index contributed by atoms with van der Waals surface area (Å²) in [4.78, 5) is 14.4. The number of rotatable bonds is 8. The number of amides is 1. The molecular weight excluding hydrogens is 384 g/mol. The maximum absolute atomic E-state index is 12.6. The number of aromatic nitrogens is 3. The third-order valence-corrected chi connectivity index (χ3v) is 4.98. The first-order valence-corrected chi connectivity index (χ1v) is 10.1. The van der Waals surface area contributed by atoms with Crippen LogP contribution in [0.4, 0.5) is 0 Å². The van der Waals surface area contributed by atoms with Gasteiger partial charge in [-0.25, -0.2) is 0 Å². The van der Waals surface area contributed by atoms with E-state index in [4.69, 9.17) is 17.0 Å². The Morgan fingerprint density at radius 1 is 1.24 bits per heavy atom. The minimum absolute atomic E-state index is 0.0529. The van der Waals surface area contributed by atoms with Crippen LogP contribution in [0.2, 0.25) is 0 Å². The van der Waals surface area contributed by atoms with Crippen molar-refractivity contribution in [3.8, 4) is 17.1 Å². The van der Waals surface area contributed by atoms with E-state index in [1.165, 1.54) is 0 Å². The predicted molar refractivity (Wildman–Crippen MR) is 116 cm³/mol. The van der Waals surface area contributed by atoms with Gasteiger partial charge in [0.05, 0.1) is 6.61 Å². The molecule has 0 fully saturated rings. The number of ether oxygens (including phenoxy) is 1. The number of nitrogens with zero attached hydrogens (tertiary/aromatic N) is 3. The zero-order chi connectivity index (χ0) is 20.8. The SMILES string of the molecule is CCOc1ccc(CN(C)C(=O)CCn2c(-c3cccc(C)c3)n[nH]c2=S)cc1. The molecule has 0 atom stereocenters. The van der Waals surface area contributed by atoms with E-state index >= 15 is 0 Å². The van der Waals surface area contributed by atoms with Crippen molar-refractivity contribution in [1.29, 1.82) is 0 Å². The van der Waals surface area contributed by atoms with E-state index in [0.717, 1.165) is 28.3 Å². The van der Waals surface area contributed by atoms with Crippen molar-refractivity contribution in [3.05, 3.63) is 64.4 Å². The molecule has 0 saturated heterocycles.